The molecule has 0 radical (unpaired) electrons. The molecule has 0 aromatic heterocycles. The number of nitrogens with zero attached hydrogens (tertiary/aromatic N) is 2. The van der Waals surface area contributed by atoms with Gasteiger partial charge in [-0.3, -0.25) is 24.1 Å². The molecule has 1 spiro atoms. The first-order valence-electron chi connectivity index (χ1n) is 9.28. The molecule has 10 heteroatoms. The van der Waals surface area contributed by atoms with E-state index < -0.39 is 48.0 Å². The minimum absolute atomic E-state index is 0.177. The number of hydrogen-bond acceptors (Lipinski definition) is 6. The third kappa shape index (κ3) is 5.20. The maximum absolute atomic E-state index is 12.5. The highest BCUT2D eigenvalue weighted by Gasteiger charge is 2.52. The quantitative estimate of drug-likeness (QED) is 0.472. The molecule has 1 heterocycles. The molecule has 10 nitrogen and oxygen atoms in total. The lowest BCUT2D eigenvalue weighted by Crippen LogP contribution is -2.47. The molecule has 0 atom stereocenters. The summed E-state index contributed by atoms with van der Waals surface area (Å²) in [6.07, 6.45) is 2.80. The Morgan fingerprint density at radius 2 is 1.82 bits per heavy atom. The van der Waals surface area contributed by atoms with E-state index in [4.69, 9.17) is 4.74 Å². The van der Waals surface area contributed by atoms with Crippen LogP contribution in [0.4, 0.5) is 4.79 Å². The summed E-state index contributed by atoms with van der Waals surface area (Å²) < 4.78 is 4.88. The molecule has 5 amide bonds. The number of ether oxygens (including phenoxy) is 1. The molecule has 1 aliphatic carbocycles. The van der Waals surface area contributed by atoms with Crippen LogP contribution in [-0.2, 0) is 23.9 Å². The van der Waals surface area contributed by atoms with Crippen molar-refractivity contribution < 1.29 is 28.7 Å². The van der Waals surface area contributed by atoms with Crippen LogP contribution >= 0.6 is 0 Å². The summed E-state index contributed by atoms with van der Waals surface area (Å²) in [7, 11) is 1.42. The highest BCUT2D eigenvalue weighted by atomic mass is 16.5. The molecule has 0 unspecified atom stereocenters. The van der Waals surface area contributed by atoms with Crippen molar-refractivity contribution in [2.24, 2.45) is 0 Å². The fourth-order valence-corrected chi connectivity index (χ4v) is 3.33. The van der Waals surface area contributed by atoms with Crippen LogP contribution in [-0.4, -0.2) is 77.3 Å². The largest absolute Gasteiger partial charge is 0.454 e. The van der Waals surface area contributed by atoms with E-state index in [0.29, 0.717) is 12.8 Å². The van der Waals surface area contributed by atoms with Gasteiger partial charge < -0.3 is 20.3 Å². The SMILES string of the molecule is CN(CC(=O)NC(C)(C)C)C(=O)COC(=O)CN1C(=O)NC2(CCCC2)C1=O. The normalized spacial score (nSPS) is 18.2. The third-order valence-corrected chi connectivity index (χ3v) is 4.67. The molecular formula is C18H28N4O6. The Bertz CT molecular complexity index is 678. The van der Waals surface area contributed by atoms with Crippen LogP contribution in [0, 0.1) is 0 Å². The second-order valence-electron chi connectivity index (χ2n) is 8.32. The van der Waals surface area contributed by atoms with Gasteiger partial charge in [0.1, 0.15) is 12.1 Å². The number of esters is 1. The first-order valence-corrected chi connectivity index (χ1v) is 9.28. The molecule has 1 saturated carbocycles. The van der Waals surface area contributed by atoms with Crippen LogP contribution in [0.15, 0.2) is 0 Å². The van der Waals surface area contributed by atoms with Gasteiger partial charge in [0.05, 0.1) is 6.54 Å². The van der Waals surface area contributed by atoms with E-state index in [1.807, 2.05) is 20.8 Å². The summed E-state index contributed by atoms with van der Waals surface area (Å²) in [5.74, 6) is -2.19. The lowest BCUT2D eigenvalue weighted by Gasteiger charge is -2.23. The molecule has 1 aliphatic heterocycles. The Balaban J connectivity index is 1.79. The predicted octanol–water partition coefficient (Wildman–Crippen LogP) is -0.233. The Kier molecular flexibility index (Phi) is 6.30. The zero-order chi connectivity index (χ0) is 21.1. The standard InChI is InChI=1S/C18H28N4O6/c1-17(2,3)19-12(23)9-21(4)13(24)11-28-14(25)10-22-15(26)18(20-16(22)27)7-5-6-8-18/h5-11H2,1-4H3,(H,19,23)(H,20,27). The Morgan fingerprint density at radius 3 is 2.39 bits per heavy atom. The molecular weight excluding hydrogens is 368 g/mol. The van der Waals surface area contributed by atoms with Gasteiger partial charge >= 0.3 is 12.0 Å². The average Bonchev–Trinajstić information content (AvgIpc) is 3.12. The lowest BCUT2D eigenvalue weighted by atomic mass is 9.98. The summed E-state index contributed by atoms with van der Waals surface area (Å²) in [4.78, 5) is 62.3. The van der Waals surface area contributed by atoms with Crippen LogP contribution in [0.1, 0.15) is 46.5 Å². The van der Waals surface area contributed by atoms with Crippen molar-refractivity contribution in [2.45, 2.75) is 57.5 Å². The van der Waals surface area contributed by atoms with Gasteiger partial charge in [-0.1, -0.05) is 12.8 Å². The number of urea groups is 1. The Labute approximate surface area is 163 Å². The second-order valence-corrected chi connectivity index (χ2v) is 8.32. The highest BCUT2D eigenvalue weighted by molar-refractivity contribution is 6.08. The molecule has 2 fully saturated rings. The second kappa shape index (κ2) is 8.15. The number of nitrogens with one attached hydrogen (secondary N) is 2. The molecule has 2 rings (SSSR count). The zero-order valence-electron chi connectivity index (χ0n) is 16.8. The van der Waals surface area contributed by atoms with E-state index in [0.717, 1.165) is 22.6 Å². The number of rotatable bonds is 6. The molecule has 28 heavy (non-hydrogen) atoms. The van der Waals surface area contributed by atoms with Crippen molar-refractivity contribution in [3.8, 4) is 0 Å². The molecule has 0 bridgehead atoms. The van der Waals surface area contributed by atoms with Crippen LogP contribution in [0.5, 0.6) is 0 Å². The van der Waals surface area contributed by atoms with Crippen molar-refractivity contribution in [3.05, 3.63) is 0 Å². The summed E-state index contributed by atoms with van der Waals surface area (Å²) in [5.41, 5.74) is -1.32. The van der Waals surface area contributed by atoms with Gasteiger partial charge in [0.2, 0.25) is 5.91 Å². The molecule has 1 saturated heterocycles. The maximum Gasteiger partial charge on any atom is 0.326 e. The van der Waals surface area contributed by atoms with E-state index in [2.05, 4.69) is 10.6 Å². The minimum Gasteiger partial charge on any atom is -0.454 e. The number of carbonyl (C=O) groups is 5. The van der Waals surface area contributed by atoms with Crippen LogP contribution in [0.2, 0.25) is 0 Å². The van der Waals surface area contributed by atoms with E-state index in [1.165, 1.54) is 7.05 Å². The van der Waals surface area contributed by atoms with E-state index in [1.54, 1.807) is 0 Å². The molecule has 2 N–H and O–H groups in total. The lowest BCUT2D eigenvalue weighted by molar-refractivity contribution is -0.153. The van der Waals surface area contributed by atoms with Crippen molar-refractivity contribution in [1.29, 1.82) is 0 Å². The zero-order valence-corrected chi connectivity index (χ0v) is 16.8. The van der Waals surface area contributed by atoms with Gasteiger partial charge in [-0.2, -0.15) is 0 Å². The first-order chi connectivity index (χ1) is 12.9. The topological polar surface area (TPSA) is 125 Å². The van der Waals surface area contributed by atoms with E-state index in [-0.39, 0.29) is 12.5 Å². The van der Waals surface area contributed by atoms with E-state index in [9.17, 15) is 24.0 Å². The summed E-state index contributed by atoms with van der Waals surface area (Å²) >= 11 is 0. The van der Waals surface area contributed by atoms with Gasteiger partial charge in [-0.15, -0.1) is 0 Å². The van der Waals surface area contributed by atoms with Gasteiger partial charge in [0.15, 0.2) is 6.61 Å². The van der Waals surface area contributed by atoms with Gasteiger partial charge in [0, 0.05) is 12.6 Å². The number of carbonyl (C=O) groups excluding carboxylic acids is 5. The van der Waals surface area contributed by atoms with Crippen molar-refractivity contribution in [1.82, 2.24) is 20.4 Å². The smallest absolute Gasteiger partial charge is 0.326 e. The summed E-state index contributed by atoms with van der Waals surface area (Å²) in [6.45, 7) is 4.16. The monoisotopic (exact) mass is 396 g/mol. The van der Waals surface area contributed by atoms with Crippen molar-refractivity contribution in [3.63, 3.8) is 0 Å². The molecule has 0 aromatic carbocycles. The fourth-order valence-electron chi connectivity index (χ4n) is 3.33. The highest BCUT2D eigenvalue weighted by Crippen LogP contribution is 2.34. The number of likely N-dealkylation sites (N-methyl/N-ethyl adjacent to an activating group) is 1. The fraction of sp³-hybridized carbons (Fsp3) is 0.722. The average molecular weight is 396 g/mol. The first kappa shape index (κ1) is 21.6. The summed E-state index contributed by atoms with van der Waals surface area (Å²) in [6, 6.07) is -0.619. The minimum atomic E-state index is -0.895. The van der Waals surface area contributed by atoms with Gasteiger partial charge in [-0.05, 0) is 33.6 Å². The number of amides is 5. The van der Waals surface area contributed by atoms with Gasteiger partial charge in [-0.25, -0.2) is 4.79 Å². The maximum atomic E-state index is 12.5. The van der Waals surface area contributed by atoms with Gasteiger partial charge in [0.25, 0.3) is 11.8 Å². The predicted molar refractivity (Wildman–Crippen MR) is 97.9 cm³/mol. The molecule has 2 aliphatic rings. The van der Waals surface area contributed by atoms with Crippen LogP contribution < -0.4 is 10.6 Å². The molecule has 156 valence electrons. The van der Waals surface area contributed by atoms with E-state index >= 15 is 0 Å². The number of imide groups is 1. The number of hydrogen-bond donors (Lipinski definition) is 2. The third-order valence-electron chi connectivity index (χ3n) is 4.67. The Hall–Kier alpha value is -2.65. The molecule has 0 aromatic rings. The van der Waals surface area contributed by atoms with Crippen molar-refractivity contribution in [2.75, 3.05) is 26.7 Å². The van der Waals surface area contributed by atoms with Crippen LogP contribution in [0.3, 0.4) is 0 Å². The Morgan fingerprint density at radius 1 is 1.21 bits per heavy atom. The summed E-state index contributed by atoms with van der Waals surface area (Å²) in [5, 5.41) is 5.39. The van der Waals surface area contributed by atoms with Crippen LogP contribution in [0.25, 0.3) is 0 Å². The van der Waals surface area contributed by atoms with Crippen molar-refractivity contribution >= 4 is 29.7 Å².